The maximum absolute atomic E-state index is 12.3. The lowest BCUT2D eigenvalue weighted by molar-refractivity contribution is -0.130. The summed E-state index contributed by atoms with van der Waals surface area (Å²) in [5.74, 6) is 0.428. The van der Waals surface area contributed by atoms with Crippen molar-refractivity contribution in [3.8, 4) is 11.3 Å². The third-order valence-electron chi connectivity index (χ3n) is 3.97. The molecule has 0 saturated carbocycles. The van der Waals surface area contributed by atoms with Crippen LogP contribution in [0.1, 0.15) is 25.8 Å². The van der Waals surface area contributed by atoms with E-state index in [1.807, 2.05) is 31.2 Å². The first-order chi connectivity index (χ1) is 11.4. The van der Waals surface area contributed by atoms with Crippen LogP contribution in [0, 0.1) is 12.8 Å². The Morgan fingerprint density at radius 2 is 1.83 bits per heavy atom. The van der Waals surface area contributed by atoms with Crippen LogP contribution in [0.2, 0.25) is 0 Å². The fourth-order valence-corrected chi connectivity index (χ4v) is 2.27. The lowest BCUT2D eigenvalue weighted by Gasteiger charge is -2.18. The number of benzene rings is 1. The Labute approximate surface area is 142 Å². The number of aryl methyl sites for hydroxylation is 1. The van der Waals surface area contributed by atoms with Crippen molar-refractivity contribution in [2.45, 2.75) is 33.7 Å². The van der Waals surface area contributed by atoms with Gasteiger partial charge >= 0.3 is 0 Å². The maximum atomic E-state index is 12.3. The molecule has 128 valence electrons. The minimum Gasteiger partial charge on any atom is -0.344 e. The second-order valence-corrected chi connectivity index (χ2v) is 6.58. The van der Waals surface area contributed by atoms with Crippen molar-refractivity contribution in [2.75, 3.05) is 13.6 Å². The van der Waals surface area contributed by atoms with Gasteiger partial charge in [0.2, 0.25) is 5.91 Å². The zero-order chi connectivity index (χ0) is 17.7. The molecule has 0 aliphatic carbocycles. The first-order valence-electron chi connectivity index (χ1n) is 8.26. The van der Waals surface area contributed by atoms with Gasteiger partial charge in [0.1, 0.15) is 6.54 Å². The van der Waals surface area contributed by atoms with Crippen molar-refractivity contribution in [1.29, 1.82) is 0 Å². The summed E-state index contributed by atoms with van der Waals surface area (Å²) >= 11 is 0. The summed E-state index contributed by atoms with van der Waals surface area (Å²) in [6.45, 7) is 6.91. The van der Waals surface area contributed by atoms with E-state index in [1.165, 1.54) is 10.7 Å². The molecule has 0 aliphatic heterocycles. The van der Waals surface area contributed by atoms with Gasteiger partial charge in [-0.25, -0.2) is 4.68 Å². The Morgan fingerprint density at radius 3 is 2.46 bits per heavy atom. The van der Waals surface area contributed by atoms with Crippen LogP contribution in [0.25, 0.3) is 11.3 Å². The van der Waals surface area contributed by atoms with Gasteiger partial charge in [-0.15, -0.1) is 0 Å². The number of carbonyl (C=O) groups is 1. The number of hydrogen-bond acceptors (Lipinski definition) is 3. The number of likely N-dealkylation sites (N-methyl/N-ethyl adjacent to an activating group) is 1. The minimum atomic E-state index is -0.267. The highest BCUT2D eigenvalue weighted by Crippen LogP contribution is 2.15. The Kier molecular flexibility index (Phi) is 5.90. The third-order valence-corrected chi connectivity index (χ3v) is 3.97. The van der Waals surface area contributed by atoms with Gasteiger partial charge in [0, 0.05) is 25.2 Å². The molecule has 1 amide bonds. The lowest BCUT2D eigenvalue weighted by Crippen LogP contribution is -2.35. The largest absolute Gasteiger partial charge is 0.344 e. The van der Waals surface area contributed by atoms with Crippen LogP contribution in [0.15, 0.2) is 41.2 Å². The van der Waals surface area contributed by atoms with Crippen molar-refractivity contribution in [2.24, 2.45) is 5.92 Å². The molecule has 5 heteroatoms. The van der Waals surface area contributed by atoms with Crippen molar-refractivity contribution in [1.82, 2.24) is 14.7 Å². The molecule has 2 rings (SSSR count). The van der Waals surface area contributed by atoms with E-state index < -0.39 is 0 Å². The topological polar surface area (TPSA) is 55.2 Å². The smallest absolute Gasteiger partial charge is 0.267 e. The van der Waals surface area contributed by atoms with Crippen LogP contribution in [0.5, 0.6) is 0 Å². The van der Waals surface area contributed by atoms with Gasteiger partial charge in [0.15, 0.2) is 0 Å². The molecule has 24 heavy (non-hydrogen) atoms. The van der Waals surface area contributed by atoms with Crippen LogP contribution in [-0.2, 0) is 11.3 Å². The molecule has 0 N–H and O–H groups in total. The van der Waals surface area contributed by atoms with E-state index in [-0.39, 0.29) is 18.0 Å². The Hall–Kier alpha value is -2.43. The molecule has 0 atom stereocenters. The van der Waals surface area contributed by atoms with E-state index >= 15 is 0 Å². The highest BCUT2D eigenvalue weighted by Gasteiger charge is 2.12. The second-order valence-electron chi connectivity index (χ2n) is 6.58. The van der Waals surface area contributed by atoms with Gasteiger partial charge < -0.3 is 4.90 Å². The molecule has 0 radical (unpaired) electrons. The van der Waals surface area contributed by atoms with Gasteiger partial charge in [-0.05, 0) is 25.3 Å². The molecule has 0 fully saturated rings. The summed E-state index contributed by atoms with van der Waals surface area (Å²) in [6.07, 6.45) is 0.938. The van der Waals surface area contributed by atoms with Gasteiger partial charge in [-0.3, -0.25) is 9.59 Å². The molecule has 0 saturated heterocycles. The number of amides is 1. The monoisotopic (exact) mass is 327 g/mol. The van der Waals surface area contributed by atoms with Gasteiger partial charge in [0.05, 0.1) is 5.69 Å². The quantitative estimate of drug-likeness (QED) is 0.820. The molecular formula is C19H25N3O2. The fourth-order valence-electron chi connectivity index (χ4n) is 2.27. The van der Waals surface area contributed by atoms with Crippen LogP contribution in [0.4, 0.5) is 0 Å². The molecule has 0 spiro atoms. The second kappa shape index (κ2) is 7.90. The summed E-state index contributed by atoms with van der Waals surface area (Å²) in [4.78, 5) is 26.0. The zero-order valence-electron chi connectivity index (χ0n) is 14.8. The van der Waals surface area contributed by atoms with Crippen LogP contribution < -0.4 is 5.56 Å². The van der Waals surface area contributed by atoms with Gasteiger partial charge in [-0.2, -0.15) is 5.10 Å². The predicted molar refractivity (Wildman–Crippen MR) is 95.8 cm³/mol. The van der Waals surface area contributed by atoms with E-state index in [9.17, 15) is 9.59 Å². The van der Waals surface area contributed by atoms with Crippen molar-refractivity contribution in [3.05, 3.63) is 52.3 Å². The first kappa shape index (κ1) is 17.9. The lowest BCUT2D eigenvalue weighted by atomic mass is 10.1. The van der Waals surface area contributed by atoms with Gasteiger partial charge in [0.25, 0.3) is 5.56 Å². The SMILES string of the molecule is Cc1ccc(-c2ccc(=O)n(CC(=O)N(C)CCC(C)C)n2)cc1. The highest BCUT2D eigenvalue weighted by molar-refractivity contribution is 5.75. The van der Waals surface area contributed by atoms with E-state index in [0.717, 1.165) is 17.5 Å². The molecule has 0 bridgehead atoms. The van der Waals surface area contributed by atoms with Crippen molar-refractivity contribution >= 4 is 5.91 Å². The summed E-state index contributed by atoms with van der Waals surface area (Å²) in [5.41, 5.74) is 2.51. The summed E-state index contributed by atoms with van der Waals surface area (Å²) in [7, 11) is 1.76. The number of aromatic nitrogens is 2. The standard InChI is InChI=1S/C19H25N3O2/c1-14(2)11-12-21(4)19(24)13-22-18(23)10-9-17(20-22)16-7-5-15(3)6-8-16/h5-10,14H,11-13H2,1-4H3. The summed E-state index contributed by atoms with van der Waals surface area (Å²) < 4.78 is 1.24. The number of hydrogen-bond donors (Lipinski definition) is 0. The molecule has 1 aromatic carbocycles. The molecule has 5 nitrogen and oxygen atoms in total. The van der Waals surface area contributed by atoms with Crippen LogP contribution in [0.3, 0.4) is 0 Å². The Morgan fingerprint density at radius 1 is 1.17 bits per heavy atom. The third kappa shape index (κ3) is 4.78. The predicted octanol–water partition coefficient (Wildman–Crippen LogP) is 2.72. The van der Waals surface area contributed by atoms with Crippen LogP contribution >= 0.6 is 0 Å². The zero-order valence-corrected chi connectivity index (χ0v) is 14.8. The summed E-state index contributed by atoms with van der Waals surface area (Å²) in [5, 5.41) is 4.35. The molecule has 0 unspecified atom stereocenters. The molecular weight excluding hydrogens is 302 g/mol. The molecule has 0 aliphatic rings. The number of nitrogens with zero attached hydrogens (tertiary/aromatic N) is 3. The first-order valence-corrected chi connectivity index (χ1v) is 8.26. The van der Waals surface area contributed by atoms with E-state index in [2.05, 4.69) is 18.9 Å². The van der Waals surface area contributed by atoms with Crippen LogP contribution in [-0.4, -0.2) is 34.2 Å². The normalized spacial score (nSPS) is 10.9. The van der Waals surface area contributed by atoms with Gasteiger partial charge in [-0.1, -0.05) is 43.7 Å². The summed E-state index contributed by atoms with van der Waals surface area (Å²) in [6, 6.07) is 11.1. The molecule has 2 aromatic rings. The van der Waals surface area contributed by atoms with E-state index in [4.69, 9.17) is 0 Å². The van der Waals surface area contributed by atoms with E-state index in [0.29, 0.717) is 18.2 Å². The maximum Gasteiger partial charge on any atom is 0.267 e. The Balaban J connectivity index is 2.15. The average molecular weight is 327 g/mol. The highest BCUT2D eigenvalue weighted by atomic mass is 16.2. The fraction of sp³-hybridized carbons (Fsp3) is 0.421. The van der Waals surface area contributed by atoms with Crippen molar-refractivity contribution in [3.63, 3.8) is 0 Å². The molecule has 1 heterocycles. The minimum absolute atomic E-state index is 0.0346. The number of carbonyl (C=O) groups excluding carboxylic acids is 1. The Bertz CT molecular complexity index is 748. The number of rotatable bonds is 6. The molecule has 1 aromatic heterocycles. The van der Waals surface area contributed by atoms with E-state index in [1.54, 1.807) is 18.0 Å². The van der Waals surface area contributed by atoms with Crippen molar-refractivity contribution < 1.29 is 4.79 Å². The average Bonchev–Trinajstić information content (AvgIpc) is 2.55.